The summed E-state index contributed by atoms with van der Waals surface area (Å²) in [5.41, 5.74) is 3.36. The zero-order valence-electron chi connectivity index (χ0n) is 24.9. The van der Waals surface area contributed by atoms with Crippen LogP contribution in [0.5, 0.6) is 11.5 Å². The third-order valence-electron chi connectivity index (χ3n) is 7.54. The molecular formula is C32H48N2O7. The van der Waals surface area contributed by atoms with E-state index < -0.39 is 6.10 Å². The highest BCUT2D eigenvalue weighted by Crippen LogP contribution is 2.35. The Bertz CT molecular complexity index is 1020. The van der Waals surface area contributed by atoms with Crippen molar-refractivity contribution >= 4 is 5.69 Å². The molecule has 0 saturated carbocycles. The summed E-state index contributed by atoms with van der Waals surface area (Å²) in [6.45, 7) is 8.56. The van der Waals surface area contributed by atoms with E-state index in [2.05, 4.69) is 40.5 Å². The van der Waals surface area contributed by atoms with Gasteiger partial charge in [-0.1, -0.05) is 18.2 Å². The quantitative estimate of drug-likeness (QED) is 0.275. The molecule has 2 N–H and O–H groups in total. The van der Waals surface area contributed by atoms with Crippen molar-refractivity contribution in [2.45, 2.75) is 57.0 Å². The molecule has 4 rings (SSSR count). The Kier molecular flexibility index (Phi) is 13.0. The van der Waals surface area contributed by atoms with Crippen molar-refractivity contribution < 1.29 is 33.5 Å². The minimum absolute atomic E-state index is 0.0113. The zero-order chi connectivity index (χ0) is 28.9. The molecule has 0 spiro atoms. The Labute approximate surface area is 245 Å². The van der Waals surface area contributed by atoms with Gasteiger partial charge in [-0.15, -0.1) is 0 Å². The first kappa shape index (κ1) is 31.5. The van der Waals surface area contributed by atoms with Gasteiger partial charge in [-0.2, -0.15) is 0 Å². The fourth-order valence-electron chi connectivity index (χ4n) is 5.45. The number of ether oxygens (including phenoxy) is 6. The van der Waals surface area contributed by atoms with Crippen LogP contribution in [0.2, 0.25) is 0 Å². The van der Waals surface area contributed by atoms with E-state index in [1.54, 1.807) is 21.1 Å². The van der Waals surface area contributed by atoms with Gasteiger partial charge in [0.2, 0.25) is 0 Å². The third kappa shape index (κ3) is 9.56. The number of nitrogens with one attached hydrogen (secondary N) is 1. The molecule has 0 aromatic heterocycles. The van der Waals surface area contributed by atoms with Crippen molar-refractivity contribution in [1.82, 2.24) is 5.32 Å². The van der Waals surface area contributed by atoms with E-state index in [-0.39, 0.29) is 24.7 Å². The summed E-state index contributed by atoms with van der Waals surface area (Å²) in [4.78, 5) is 2.37. The average molecular weight is 573 g/mol. The molecule has 2 aromatic rings. The molecule has 0 bridgehead atoms. The lowest BCUT2D eigenvalue weighted by Crippen LogP contribution is -2.51. The van der Waals surface area contributed by atoms with Gasteiger partial charge in [0, 0.05) is 53.0 Å². The average Bonchev–Trinajstić information content (AvgIpc) is 2.99. The fraction of sp³-hybridized carbons (Fsp3) is 0.625. The SMILES string of the molecule is COCCCCOc1ccc([C@@H]2[C@@H](OCc3ccc4c(c3)N(CCCOC)CCO4)CNC[C@H]2OCC(C)O)cc1. The molecular weight excluding hydrogens is 524 g/mol. The number of unbranched alkanes of at least 4 members (excludes halogenated alkanes) is 1. The second kappa shape index (κ2) is 16.9. The first-order valence-corrected chi connectivity index (χ1v) is 14.9. The van der Waals surface area contributed by atoms with Crippen molar-refractivity contribution in [2.24, 2.45) is 0 Å². The Morgan fingerprint density at radius 2 is 1.68 bits per heavy atom. The van der Waals surface area contributed by atoms with E-state index in [9.17, 15) is 5.11 Å². The van der Waals surface area contributed by atoms with Crippen LogP contribution in [0.25, 0.3) is 0 Å². The highest BCUT2D eigenvalue weighted by molar-refractivity contribution is 5.61. The van der Waals surface area contributed by atoms with Crippen LogP contribution in [0.4, 0.5) is 5.69 Å². The van der Waals surface area contributed by atoms with Crippen LogP contribution < -0.4 is 19.7 Å². The predicted octanol–water partition coefficient (Wildman–Crippen LogP) is 3.77. The second-order valence-corrected chi connectivity index (χ2v) is 10.9. The van der Waals surface area contributed by atoms with Crippen LogP contribution in [-0.2, 0) is 25.6 Å². The summed E-state index contributed by atoms with van der Waals surface area (Å²) in [6.07, 6.45) is 2.14. The number of rotatable bonds is 17. The molecule has 2 aliphatic rings. The molecule has 4 atom stereocenters. The summed E-state index contributed by atoms with van der Waals surface area (Å²) in [6, 6.07) is 14.6. The predicted molar refractivity (Wildman–Crippen MR) is 159 cm³/mol. The maximum absolute atomic E-state index is 9.89. The van der Waals surface area contributed by atoms with Crippen LogP contribution >= 0.6 is 0 Å². The number of benzene rings is 2. The van der Waals surface area contributed by atoms with Gasteiger partial charge in [-0.05, 0) is 61.6 Å². The fourth-order valence-corrected chi connectivity index (χ4v) is 5.45. The van der Waals surface area contributed by atoms with Gasteiger partial charge in [0.25, 0.3) is 0 Å². The monoisotopic (exact) mass is 572 g/mol. The Hall–Kier alpha value is -2.40. The van der Waals surface area contributed by atoms with Gasteiger partial charge in [-0.3, -0.25) is 0 Å². The lowest BCUT2D eigenvalue weighted by molar-refractivity contribution is -0.0752. The van der Waals surface area contributed by atoms with Crippen molar-refractivity contribution in [1.29, 1.82) is 0 Å². The van der Waals surface area contributed by atoms with Crippen LogP contribution in [0.15, 0.2) is 42.5 Å². The molecule has 2 heterocycles. The maximum Gasteiger partial charge on any atom is 0.142 e. The van der Waals surface area contributed by atoms with Gasteiger partial charge in [0.1, 0.15) is 18.1 Å². The van der Waals surface area contributed by atoms with E-state index in [1.807, 2.05) is 12.1 Å². The van der Waals surface area contributed by atoms with Crippen molar-refractivity contribution in [2.75, 3.05) is 78.3 Å². The zero-order valence-corrected chi connectivity index (χ0v) is 24.9. The van der Waals surface area contributed by atoms with Crippen LogP contribution in [0, 0.1) is 0 Å². The van der Waals surface area contributed by atoms with E-state index in [4.69, 9.17) is 28.4 Å². The van der Waals surface area contributed by atoms with Gasteiger partial charge in [-0.25, -0.2) is 0 Å². The van der Waals surface area contributed by atoms with E-state index in [0.717, 1.165) is 73.9 Å². The number of piperidine rings is 1. The maximum atomic E-state index is 9.89. The molecule has 2 aromatic carbocycles. The van der Waals surface area contributed by atoms with Gasteiger partial charge in [0.15, 0.2) is 0 Å². The number of aliphatic hydroxyl groups is 1. The molecule has 9 heteroatoms. The molecule has 0 amide bonds. The van der Waals surface area contributed by atoms with E-state index in [1.165, 1.54) is 0 Å². The van der Waals surface area contributed by atoms with E-state index in [0.29, 0.717) is 32.9 Å². The molecule has 9 nitrogen and oxygen atoms in total. The number of nitrogens with zero attached hydrogens (tertiary/aromatic N) is 1. The number of hydrogen-bond donors (Lipinski definition) is 2. The number of hydrogen-bond acceptors (Lipinski definition) is 9. The minimum atomic E-state index is -0.532. The third-order valence-corrected chi connectivity index (χ3v) is 7.54. The summed E-state index contributed by atoms with van der Waals surface area (Å²) < 4.78 is 35.0. The smallest absolute Gasteiger partial charge is 0.142 e. The minimum Gasteiger partial charge on any atom is -0.494 e. The molecule has 2 aliphatic heterocycles. The molecule has 228 valence electrons. The normalized spacial score (nSPS) is 21.3. The Balaban J connectivity index is 1.44. The highest BCUT2D eigenvalue weighted by atomic mass is 16.5. The van der Waals surface area contributed by atoms with Crippen LogP contribution in [0.3, 0.4) is 0 Å². The van der Waals surface area contributed by atoms with Crippen molar-refractivity contribution in [3.05, 3.63) is 53.6 Å². The highest BCUT2D eigenvalue weighted by Gasteiger charge is 2.36. The second-order valence-electron chi connectivity index (χ2n) is 10.9. The van der Waals surface area contributed by atoms with Crippen LogP contribution in [-0.4, -0.2) is 96.9 Å². The molecule has 1 unspecified atom stereocenters. The lowest BCUT2D eigenvalue weighted by Gasteiger charge is -2.39. The molecule has 0 aliphatic carbocycles. The van der Waals surface area contributed by atoms with Crippen LogP contribution in [0.1, 0.15) is 43.2 Å². The number of anilines is 1. The number of methoxy groups -OCH3 is 2. The molecule has 41 heavy (non-hydrogen) atoms. The Morgan fingerprint density at radius 3 is 2.44 bits per heavy atom. The van der Waals surface area contributed by atoms with Gasteiger partial charge in [0.05, 0.1) is 50.4 Å². The summed E-state index contributed by atoms with van der Waals surface area (Å²) >= 11 is 0. The number of fused-ring (bicyclic) bond motifs is 1. The lowest BCUT2D eigenvalue weighted by atomic mass is 9.85. The standard InChI is InChI=1S/C32H48N2O7/c1-24(35)22-40-30-20-33-21-31(32(30)26-8-10-27(11-9-26)38-17-5-4-15-36-2)41-23-25-7-12-29-28(19-25)34(14-18-39-29)13-6-16-37-3/h7-12,19,24,30-33,35H,4-6,13-18,20-23H2,1-3H3/t24?,30-,31+,32+/m1/s1. The van der Waals surface area contributed by atoms with Gasteiger partial charge < -0.3 is 43.7 Å². The summed E-state index contributed by atoms with van der Waals surface area (Å²) in [5.74, 6) is 1.78. The van der Waals surface area contributed by atoms with Crippen molar-refractivity contribution in [3.8, 4) is 11.5 Å². The molecule has 1 fully saturated rings. The molecule has 1 saturated heterocycles. The van der Waals surface area contributed by atoms with Gasteiger partial charge >= 0.3 is 0 Å². The summed E-state index contributed by atoms with van der Waals surface area (Å²) in [7, 11) is 3.46. The number of aliphatic hydroxyl groups excluding tert-OH is 1. The first-order valence-electron chi connectivity index (χ1n) is 14.9. The first-order chi connectivity index (χ1) is 20.1. The van der Waals surface area contributed by atoms with Crippen molar-refractivity contribution in [3.63, 3.8) is 0 Å². The topological polar surface area (TPSA) is 90.9 Å². The Morgan fingerprint density at radius 1 is 0.951 bits per heavy atom. The van der Waals surface area contributed by atoms with E-state index >= 15 is 0 Å². The summed E-state index contributed by atoms with van der Waals surface area (Å²) in [5, 5.41) is 13.4. The largest absolute Gasteiger partial charge is 0.494 e. The molecule has 0 radical (unpaired) electrons.